The number of carbonyl (C=O) groups is 2. The molecule has 0 aromatic heterocycles. The van der Waals surface area contributed by atoms with E-state index in [-0.39, 0.29) is 24.0 Å². The second-order valence-electron chi connectivity index (χ2n) is 6.37. The molecule has 0 spiro atoms. The summed E-state index contributed by atoms with van der Waals surface area (Å²) in [4.78, 5) is 22.1. The Kier molecular flexibility index (Phi) is 11.0. The average Bonchev–Trinajstić information content (AvgIpc) is 2.97. The van der Waals surface area contributed by atoms with Crippen LogP contribution in [0.15, 0.2) is 60.8 Å². The third-order valence-electron chi connectivity index (χ3n) is 4.26. The van der Waals surface area contributed by atoms with E-state index in [0.29, 0.717) is 12.8 Å². The molecule has 0 bridgehead atoms. The smallest absolute Gasteiger partial charge is 0.303 e. The van der Waals surface area contributed by atoms with Crippen LogP contribution in [-0.2, 0) is 9.59 Å². The molecule has 0 fully saturated rings. The summed E-state index contributed by atoms with van der Waals surface area (Å²) in [6.45, 7) is 2.06. The summed E-state index contributed by atoms with van der Waals surface area (Å²) in [5.41, 5.74) is 0. The summed E-state index contributed by atoms with van der Waals surface area (Å²) in [7, 11) is 0. The number of aliphatic hydroxyl groups is 1. The molecule has 2 N–H and O–H groups in total. The molecule has 0 heterocycles. The van der Waals surface area contributed by atoms with E-state index in [0.717, 1.165) is 19.3 Å². The Morgan fingerprint density at radius 1 is 1.15 bits per heavy atom. The minimum Gasteiger partial charge on any atom is -0.481 e. The summed E-state index contributed by atoms with van der Waals surface area (Å²) >= 11 is 0. The van der Waals surface area contributed by atoms with Gasteiger partial charge in [-0.3, -0.25) is 9.59 Å². The minimum absolute atomic E-state index is 0.120. The molecule has 1 aliphatic rings. The number of allylic oxidation sites excluding steroid dienone is 8. The molecule has 3 atom stereocenters. The highest BCUT2D eigenvalue weighted by atomic mass is 16.4. The predicted octanol–water partition coefficient (Wildman–Crippen LogP) is 4.39. The maximum Gasteiger partial charge on any atom is 0.303 e. The summed E-state index contributed by atoms with van der Waals surface area (Å²) in [5, 5.41) is 18.5. The van der Waals surface area contributed by atoms with Gasteiger partial charge in [0.2, 0.25) is 0 Å². The van der Waals surface area contributed by atoms with Crippen molar-refractivity contribution in [2.45, 2.75) is 51.6 Å². The molecule has 0 amide bonds. The highest BCUT2D eigenvalue weighted by molar-refractivity contribution is 5.95. The summed E-state index contributed by atoms with van der Waals surface area (Å²) in [6.07, 6.45) is 22.2. The number of hydrogen-bond donors (Lipinski definition) is 2. The van der Waals surface area contributed by atoms with Gasteiger partial charge in [0, 0.05) is 12.3 Å². The molecule has 0 saturated heterocycles. The minimum atomic E-state index is -0.774. The van der Waals surface area contributed by atoms with Crippen LogP contribution in [-0.4, -0.2) is 28.1 Å². The van der Waals surface area contributed by atoms with Crippen molar-refractivity contribution in [3.8, 4) is 0 Å². The van der Waals surface area contributed by atoms with E-state index in [1.807, 2.05) is 48.6 Å². The van der Waals surface area contributed by atoms with E-state index >= 15 is 0 Å². The van der Waals surface area contributed by atoms with Gasteiger partial charge in [0.1, 0.15) is 0 Å². The van der Waals surface area contributed by atoms with Crippen molar-refractivity contribution in [3.63, 3.8) is 0 Å². The number of aliphatic hydroxyl groups excluding tert-OH is 1. The molecule has 4 nitrogen and oxygen atoms in total. The molecular weight excluding hydrogens is 328 g/mol. The first-order chi connectivity index (χ1) is 12.5. The zero-order valence-electron chi connectivity index (χ0n) is 15.5. The lowest BCUT2D eigenvalue weighted by Crippen LogP contribution is -2.13. The Balaban J connectivity index is 2.17. The first-order valence-electron chi connectivity index (χ1n) is 9.29. The molecule has 4 heteroatoms. The first kappa shape index (κ1) is 21.8. The summed E-state index contributed by atoms with van der Waals surface area (Å²) in [6, 6.07) is 0. The number of carbonyl (C=O) groups excluding carboxylic acids is 1. The van der Waals surface area contributed by atoms with E-state index in [1.54, 1.807) is 12.2 Å². The van der Waals surface area contributed by atoms with E-state index < -0.39 is 12.1 Å². The van der Waals surface area contributed by atoms with Crippen LogP contribution in [0.3, 0.4) is 0 Å². The highest BCUT2D eigenvalue weighted by Crippen LogP contribution is 2.26. The molecule has 1 rings (SSSR count). The maximum atomic E-state index is 11.8. The van der Waals surface area contributed by atoms with Gasteiger partial charge in [-0.15, -0.1) is 0 Å². The van der Waals surface area contributed by atoms with Crippen molar-refractivity contribution in [2.24, 2.45) is 11.8 Å². The van der Waals surface area contributed by atoms with Crippen LogP contribution < -0.4 is 0 Å². The normalized spacial score (nSPS) is 21.8. The van der Waals surface area contributed by atoms with Crippen molar-refractivity contribution in [1.29, 1.82) is 0 Å². The Bertz CT molecular complexity index is 581. The molecule has 1 aliphatic carbocycles. The van der Waals surface area contributed by atoms with Crippen molar-refractivity contribution < 1.29 is 19.8 Å². The third-order valence-corrected chi connectivity index (χ3v) is 4.26. The van der Waals surface area contributed by atoms with Crippen LogP contribution in [0.4, 0.5) is 0 Å². The maximum absolute atomic E-state index is 11.8. The molecule has 0 unspecified atom stereocenters. The van der Waals surface area contributed by atoms with Crippen molar-refractivity contribution in [1.82, 2.24) is 0 Å². The fourth-order valence-corrected chi connectivity index (χ4v) is 2.72. The van der Waals surface area contributed by atoms with Crippen molar-refractivity contribution in [2.75, 3.05) is 0 Å². The highest BCUT2D eigenvalue weighted by Gasteiger charge is 2.26. The van der Waals surface area contributed by atoms with E-state index in [1.165, 1.54) is 0 Å². The largest absolute Gasteiger partial charge is 0.481 e. The summed E-state index contributed by atoms with van der Waals surface area (Å²) < 4.78 is 0. The monoisotopic (exact) mass is 358 g/mol. The van der Waals surface area contributed by atoms with Gasteiger partial charge in [-0.05, 0) is 44.1 Å². The lowest BCUT2D eigenvalue weighted by atomic mass is 9.92. The molecule has 0 radical (unpaired) electrons. The molecular formula is C22H30O4. The molecule has 26 heavy (non-hydrogen) atoms. The van der Waals surface area contributed by atoms with E-state index in [9.17, 15) is 14.7 Å². The standard InChI is InChI=1S/C22H30O4/c1-2-18-14-17-21(24)20(18)16-15-19(23)12-10-8-6-4-3-5-7-9-11-13-22(25)26/h3-4,7-10,14-20,23H,2,5-6,11-13H2,1H3,(H,25,26)/b4-3-,9-7-,10-8-,16-15+/t18-,19+,20+/m1/s1. The number of carboxylic acid groups (broad SMARTS) is 1. The van der Waals surface area contributed by atoms with Crippen LogP contribution in [0.25, 0.3) is 0 Å². The molecule has 0 aromatic rings. The van der Waals surface area contributed by atoms with E-state index in [4.69, 9.17) is 5.11 Å². The number of rotatable bonds is 12. The van der Waals surface area contributed by atoms with Crippen molar-refractivity contribution in [3.05, 3.63) is 60.8 Å². The average molecular weight is 358 g/mol. The van der Waals surface area contributed by atoms with Crippen LogP contribution in [0.2, 0.25) is 0 Å². The summed E-state index contributed by atoms with van der Waals surface area (Å²) in [5.74, 6) is -0.517. The number of carboxylic acids is 1. The molecule has 0 aromatic carbocycles. The topological polar surface area (TPSA) is 74.6 Å². The van der Waals surface area contributed by atoms with Gasteiger partial charge in [-0.25, -0.2) is 0 Å². The fraction of sp³-hybridized carbons (Fsp3) is 0.455. The van der Waals surface area contributed by atoms with Crippen LogP contribution >= 0.6 is 0 Å². The zero-order valence-corrected chi connectivity index (χ0v) is 15.5. The number of ketones is 1. The Labute approximate surface area is 156 Å². The fourth-order valence-electron chi connectivity index (χ4n) is 2.72. The predicted molar refractivity (Wildman–Crippen MR) is 105 cm³/mol. The Morgan fingerprint density at radius 2 is 1.81 bits per heavy atom. The van der Waals surface area contributed by atoms with Gasteiger partial charge in [-0.2, -0.15) is 0 Å². The van der Waals surface area contributed by atoms with Gasteiger partial charge in [0.15, 0.2) is 5.78 Å². The van der Waals surface area contributed by atoms with Crippen LogP contribution in [0.1, 0.15) is 45.4 Å². The Morgan fingerprint density at radius 3 is 2.46 bits per heavy atom. The molecule has 0 saturated carbocycles. The van der Waals surface area contributed by atoms with Gasteiger partial charge in [0.05, 0.1) is 6.10 Å². The van der Waals surface area contributed by atoms with Crippen molar-refractivity contribution >= 4 is 11.8 Å². The number of hydrogen-bond acceptors (Lipinski definition) is 3. The SMILES string of the molecule is CC[C@@H]1C=CC(=O)[C@H]1/C=C/[C@@H](O)C/C=C\C/C=C\C/C=C\CCC(=O)O. The van der Waals surface area contributed by atoms with Gasteiger partial charge >= 0.3 is 5.97 Å². The second kappa shape index (κ2) is 13.1. The van der Waals surface area contributed by atoms with Crippen LogP contribution in [0.5, 0.6) is 0 Å². The zero-order chi connectivity index (χ0) is 19.2. The lowest BCUT2D eigenvalue weighted by Gasteiger charge is -2.12. The van der Waals surface area contributed by atoms with E-state index in [2.05, 4.69) is 6.92 Å². The number of aliphatic carboxylic acids is 1. The lowest BCUT2D eigenvalue weighted by molar-refractivity contribution is -0.136. The van der Waals surface area contributed by atoms with Gasteiger partial charge in [0.25, 0.3) is 0 Å². The first-order valence-corrected chi connectivity index (χ1v) is 9.29. The Hall–Kier alpha value is -2.20. The molecule has 142 valence electrons. The quantitative estimate of drug-likeness (QED) is 0.507. The third kappa shape index (κ3) is 9.33. The second-order valence-corrected chi connectivity index (χ2v) is 6.37. The molecule has 0 aliphatic heterocycles. The van der Waals surface area contributed by atoms with Gasteiger partial charge < -0.3 is 10.2 Å². The van der Waals surface area contributed by atoms with Gasteiger partial charge in [-0.1, -0.05) is 61.6 Å². The van der Waals surface area contributed by atoms with Crippen LogP contribution in [0, 0.1) is 11.8 Å².